The number of benzene rings is 2. The summed E-state index contributed by atoms with van der Waals surface area (Å²) >= 11 is 11.7. The summed E-state index contributed by atoms with van der Waals surface area (Å²) in [7, 11) is -3.99. The van der Waals surface area contributed by atoms with Gasteiger partial charge in [0.05, 0.1) is 10.6 Å². The molecular formula is C16H17Cl2FN2O2S. The molecule has 2 aromatic rings. The van der Waals surface area contributed by atoms with Crippen molar-refractivity contribution >= 4 is 38.9 Å². The van der Waals surface area contributed by atoms with Crippen LogP contribution in [0.25, 0.3) is 0 Å². The third-order valence-electron chi connectivity index (χ3n) is 3.37. The second-order valence-corrected chi connectivity index (χ2v) is 8.13. The second-order valence-electron chi connectivity index (χ2n) is 5.39. The van der Waals surface area contributed by atoms with E-state index in [1.54, 1.807) is 6.92 Å². The van der Waals surface area contributed by atoms with Crippen LogP contribution in [0.5, 0.6) is 0 Å². The quantitative estimate of drug-likeness (QED) is 0.808. The molecule has 0 radical (unpaired) electrons. The van der Waals surface area contributed by atoms with Crippen molar-refractivity contribution in [2.24, 2.45) is 5.73 Å². The molecule has 0 aliphatic heterocycles. The van der Waals surface area contributed by atoms with Gasteiger partial charge in [-0.2, -0.15) is 0 Å². The number of anilines is 1. The molecule has 2 rings (SSSR count). The summed E-state index contributed by atoms with van der Waals surface area (Å²) in [5.74, 6) is -0.679. The highest BCUT2D eigenvalue weighted by Gasteiger charge is 2.27. The highest BCUT2D eigenvalue weighted by Crippen LogP contribution is 2.29. The zero-order valence-electron chi connectivity index (χ0n) is 12.9. The van der Waals surface area contributed by atoms with E-state index < -0.39 is 15.8 Å². The molecular weight excluding hydrogens is 374 g/mol. The monoisotopic (exact) mass is 390 g/mol. The maximum Gasteiger partial charge on any atom is 0.264 e. The first-order valence-corrected chi connectivity index (χ1v) is 9.40. The first kappa shape index (κ1) is 19.0. The van der Waals surface area contributed by atoms with Crippen LogP contribution in [0.4, 0.5) is 10.1 Å². The van der Waals surface area contributed by atoms with Crippen molar-refractivity contribution in [3.8, 4) is 0 Å². The van der Waals surface area contributed by atoms with Crippen LogP contribution in [0.15, 0.2) is 47.4 Å². The Bertz CT molecular complexity index is 811. The summed E-state index contributed by atoms with van der Waals surface area (Å²) in [5, 5.41) is 0.647. The molecule has 0 heterocycles. The summed E-state index contributed by atoms with van der Waals surface area (Å²) in [6.07, 6.45) is 0.360. The molecule has 0 amide bonds. The SMILES string of the molecule is C[C@@H](N)CCN(c1cc(Cl)ccc1F)S(=O)(=O)c1ccc(Cl)cc1. The Labute approximate surface area is 151 Å². The van der Waals surface area contributed by atoms with E-state index in [0.29, 0.717) is 11.4 Å². The highest BCUT2D eigenvalue weighted by molar-refractivity contribution is 7.92. The molecule has 0 spiro atoms. The summed E-state index contributed by atoms with van der Waals surface area (Å²) < 4.78 is 41.1. The molecule has 2 aromatic carbocycles. The molecule has 1 atom stereocenters. The van der Waals surface area contributed by atoms with Gasteiger partial charge in [-0.25, -0.2) is 12.8 Å². The number of hydrogen-bond donors (Lipinski definition) is 1. The summed E-state index contributed by atoms with van der Waals surface area (Å²) in [6, 6.07) is 9.21. The van der Waals surface area contributed by atoms with Crippen LogP contribution in [0.1, 0.15) is 13.3 Å². The van der Waals surface area contributed by atoms with Gasteiger partial charge < -0.3 is 5.73 Å². The van der Waals surface area contributed by atoms with Gasteiger partial charge in [-0.1, -0.05) is 23.2 Å². The van der Waals surface area contributed by atoms with E-state index in [-0.39, 0.29) is 28.2 Å². The van der Waals surface area contributed by atoms with Crippen molar-refractivity contribution < 1.29 is 12.8 Å². The predicted molar refractivity (Wildman–Crippen MR) is 95.7 cm³/mol. The van der Waals surface area contributed by atoms with Crippen LogP contribution < -0.4 is 10.0 Å². The van der Waals surface area contributed by atoms with Gasteiger partial charge in [0, 0.05) is 22.6 Å². The first-order chi connectivity index (χ1) is 11.2. The summed E-state index contributed by atoms with van der Waals surface area (Å²) in [5.41, 5.74) is 5.62. The van der Waals surface area contributed by atoms with Gasteiger partial charge in [0.2, 0.25) is 0 Å². The van der Waals surface area contributed by atoms with Crippen LogP contribution in [-0.4, -0.2) is 21.0 Å². The van der Waals surface area contributed by atoms with Gasteiger partial charge in [-0.05, 0) is 55.8 Å². The average Bonchev–Trinajstić information content (AvgIpc) is 2.50. The van der Waals surface area contributed by atoms with Gasteiger partial charge in [0.1, 0.15) is 5.82 Å². The molecule has 24 heavy (non-hydrogen) atoms. The fraction of sp³-hybridized carbons (Fsp3) is 0.250. The number of hydrogen-bond acceptors (Lipinski definition) is 3. The van der Waals surface area contributed by atoms with Crippen molar-refractivity contribution in [1.29, 1.82) is 0 Å². The van der Waals surface area contributed by atoms with Gasteiger partial charge in [0.25, 0.3) is 10.0 Å². The van der Waals surface area contributed by atoms with E-state index in [9.17, 15) is 12.8 Å². The van der Waals surface area contributed by atoms with E-state index in [4.69, 9.17) is 28.9 Å². The van der Waals surface area contributed by atoms with Gasteiger partial charge >= 0.3 is 0 Å². The molecule has 0 unspecified atom stereocenters. The van der Waals surface area contributed by atoms with E-state index >= 15 is 0 Å². The molecule has 0 aliphatic carbocycles. The Morgan fingerprint density at radius 3 is 2.29 bits per heavy atom. The summed E-state index contributed by atoms with van der Waals surface area (Å²) in [4.78, 5) is 0.0101. The Morgan fingerprint density at radius 2 is 1.71 bits per heavy atom. The molecule has 0 bridgehead atoms. The molecule has 0 saturated carbocycles. The first-order valence-electron chi connectivity index (χ1n) is 7.21. The lowest BCUT2D eigenvalue weighted by Crippen LogP contribution is -2.35. The lowest BCUT2D eigenvalue weighted by atomic mass is 10.2. The molecule has 0 aliphatic rings. The number of nitrogens with zero attached hydrogens (tertiary/aromatic N) is 1. The number of halogens is 3. The van der Waals surface area contributed by atoms with E-state index in [1.165, 1.54) is 36.4 Å². The lowest BCUT2D eigenvalue weighted by molar-refractivity contribution is 0.577. The molecule has 0 saturated heterocycles. The number of rotatable bonds is 6. The number of nitrogens with two attached hydrogens (primary N) is 1. The lowest BCUT2D eigenvalue weighted by Gasteiger charge is -2.26. The van der Waals surface area contributed by atoms with Gasteiger partial charge in [-0.3, -0.25) is 4.31 Å². The van der Waals surface area contributed by atoms with Crippen molar-refractivity contribution in [2.45, 2.75) is 24.3 Å². The Morgan fingerprint density at radius 1 is 1.12 bits per heavy atom. The standard InChI is InChI=1S/C16H17Cl2FN2O2S/c1-11(20)8-9-21(16-10-13(18)4-7-15(16)19)24(22,23)14-5-2-12(17)3-6-14/h2-7,10-11H,8-9,20H2,1H3/t11-/m1/s1. The number of sulfonamides is 1. The van der Waals surface area contributed by atoms with Crippen molar-refractivity contribution in [1.82, 2.24) is 0 Å². The third-order valence-corrected chi connectivity index (χ3v) is 5.68. The van der Waals surface area contributed by atoms with E-state index in [0.717, 1.165) is 10.4 Å². The van der Waals surface area contributed by atoms with Crippen LogP contribution in [0.3, 0.4) is 0 Å². The van der Waals surface area contributed by atoms with Crippen LogP contribution in [0, 0.1) is 5.82 Å². The highest BCUT2D eigenvalue weighted by atomic mass is 35.5. The minimum Gasteiger partial charge on any atom is -0.328 e. The molecule has 8 heteroatoms. The minimum atomic E-state index is -3.99. The molecule has 4 nitrogen and oxygen atoms in total. The van der Waals surface area contributed by atoms with Crippen LogP contribution >= 0.6 is 23.2 Å². The minimum absolute atomic E-state index is 0.0101. The smallest absolute Gasteiger partial charge is 0.264 e. The van der Waals surface area contributed by atoms with Crippen molar-refractivity contribution in [3.05, 3.63) is 58.3 Å². The van der Waals surface area contributed by atoms with E-state index in [1.807, 2.05) is 0 Å². The summed E-state index contributed by atoms with van der Waals surface area (Å²) in [6.45, 7) is 1.78. The zero-order chi connectivity index (χ0) is 17.9. The van der Waals surface area contributed by atoms with Gasteiger partial charge in [0.15, 0.2) is 0 Å². The van der Waals surface area contributed by atoms with Crippen molar-refractivity contribution in [3.63, 3.8) is 0 Å². The average molecular weight is 391 g/mol. The largest absolute Gasteiger partial charge is 0.328 e. The van der Waals surface area contributed by atoms with Gasteiger partial charge in [-0.15, -0.1) is 0 Å². The molecule has 130 valence electrons. The third kappa shape index (κ3) is 4.39. The topological polar surface area (TPSA) is 63.4 Å². The van der Waals surface area contributed by atoms with Crippen LogP contribution in [-0.2, 0) is 10.0 Å². The fourth-order valence-electron chi connectivity index (χ4n) is 2.10. The normalized spacial score (nSPS) is 12.9. The predicted octanol–water partition coefficient (Wildman–Crippen LogP) is 4.07. The zero-order valence-corrected chi connectivity index (χ0v) is 15.2. The second kappa shape index (κ2) is 7.70. The molecule has 0 aromatic heterocycles. The van der Waals surface area contributed by atoms with Crippen LogP contribution in [0.2, 0.25) is 10.0 Å². The Hall–Kier alpha value is -1.34. The molecule has 0 fully saturated rings. The maximum absolute atomic E-state index is 14.2. The Balaban J connectivity index is 2.52. The molecule has 2 N–H and O–H groups in total. The maximum atomic E-state index is 14.2. The fourth-order valence-corrected chi connectivity index (χ4v) is 3.87. The van der Waals surface area contributed by atoms with E-state index in [2.05, 4.69) is 0 Å². The Kier molecular flexibility index (Phi) is 6.09. The van der Waals surface area contributed by atoms with Crippen molar-refractivity contribution in [2.75, 3.05) is 10.8 Å².